The van der Waals surface area contributed by atoms with E-state index < -0.39 is 47.9 Å². The van der Waals surface area contributed by atoms with Crippen LogP contribution in [-0.4, -0.2) is 68.0 Å². The summed E-state index contributed by atoms with van der Waals surface area (Å²) in [6, 6.07) is 10.9. The molecule has 2 aromatic carbocycles. The molecule has 12 heteroatoms. The monoisotopic (exact) mass is 578 g/mol. The number of aromatic nitrogens is 2. The number of nitrogens with zero attached hydrogens (tertiary/aromatic N) is 1. The van der Waals surface area contributed by atoms with E-state index in [1.165, 1.54) is 24.7 Å². The summed E-state index contributed by atoms with van der Waals surface area (Å²) in [4.78, 5) is 58.8. The number of carbonyl (C=O) groups is 4. The molecular weight excluding hydrogens is 540 g/mol. The molecule has 0 bridgehead atoms. The minimum absolute atomic E-state index is 0.0355. The number of amides is 3. The smallest absolute Gasteiger partial charge is 0.326 e. The van der Waals surface area contributed by atoms with Gasteiger partial charge in [-0.05, 0) is 35.6 Å². The van der Waals surface area contributed by atoms with Crippen LogP contribution in [0.25, 0.3) is 0 Å². The van der Waals surface area contributed by atoms with Gasteiger partial charge in [0.1, 0.15) is 23.9 Å². The van der Waals surface area contributed by atoms with Crippen LogP contribution in [-0.2, 0) is 38.4 Å². The number of aromatic hydroxyl groups is 1. The molecule has 0 fully saturated rings. The molecule has 42 heavy (non-hydrogen) atoms. The van der Waals surface area contributed by atoms with Gasteiger partial charge in [0.2, 0.25) is 17.7 Å². The topological polar surface area (TPSA) is 200 Å². The number of phenols is 1. The lowest BCUT2D eigenvalue weighted by Gasteiger charge is -2.26. The van der Waals surface area contributed by atoms with Crippen molar-refractivity contribution in [3.8, 4) is 5.75 Å². The van der Waals surface area contributed by atoms with Crippen molar-refractivity contribution in [2.75, 3.05) is 0 Å². The lowest BCUT2D eigenvalue weighted by atomic mass is 9.98. The fourth-order valence-corrected chi connectivity index (χ4v) is 4.35. The Bertz CT molecular complexity index is 1320. The van der Waals surface area contributed by atoms with E-state index in [0.29, 0.717) is 12.1 Å². The zero-order valence-electron chi connectivity index (χ0n) is 23.6. The van der Waals surface area contributed by atoms with E-state index in [9.17, 15) is 29.4 Å². The maximum atomic E-state index is 13.6. The third-order valence-corrected chi connectivity index (χ3v) is 7.03. The predicted molar refractivity (Wildman–Crippen MR) is 155 cm³/mol. The molecule has 5 unspecified atom stereocenters. The van der Waals surface area contributed by atoms with Crippen LogP contribution in [0.5, 0.6) is 5.75 Å². The van der Waals surface area contributed by atoms with Gasteiger partial charge in [-0.25, -0.2) is 9.78 Å². The zero-order valence-corrected chi connectivity index (χ0v) is 23.6. The first-order valence-corrected chi connectivity index (χ1v) is 13.8. The van der Waals surface area contributed by atoms with Crippen molar-refractivity contribution in [2.24, 2.45) is 11.7 Å². The van der Waals surface area contributed by atoms with E-state index in [-0.39, 0.29) is 30.9 Å². The number of phenolic OH excluding ortho intramolecular Hbond substituents is 1. The Kier molecular flexibility index (Phi) is 11.6. The fraction of sp³-hybridized carbons (Fsp3) is 0.367. The van der Waals surface area contributed by atoms with Gasteiger partial charge >= 0.3 is 5.97 Å². The standard InChI is InChI=1S/C30H38N6O6/c1-3-18(2)26(30(41)42)36-29(40)24(14-19-7-5-4-6-8-19)35-28(39)25(15-21-16-32-17-33-21)34-27(38)23(31)13-20-9-11-22(37)12-10-20/h4-12,16-18,23-26,37H,3,13-15,31H2,1-2H3,(H,32,33)(H,34,38)(H,35,39)(H,36,40)(H,41,42). The lowest BCUT2D eigenvalue weighted by Crippen LogP contribution is -2.58. The number of nitrogens with one attached hydrogen (secondary N) is 4. The van der Waals surface area contributed by atoms with Gasteiger partial charge in [0.15, 0.2) is 0 Å². The van der Waals surface area contributed by atoms with Gasteiger partial charge in [0.25, 0.3) is 0 Å². The number of carboxylic acid groups (broad SMARTS) is 1. The summed E-state index contributed by atoms with van der Waals surface area (Å²) in [6.07, 6.45) is 3.77. The molecule has 224 valence electrons. The molecule has 0 saturated heterocycles. The Morgan fingerprint density at radius 2 is 1.45 bits per heavy atom. The Morgan fingerprint density at radius 1 is 0.857 bits per heavy atom. The van der Waals surface area contributed by atoms with Gasteiger partial charge in [-0.2, -0.15) is 0 Å². The zero-order chi connectivity index (χ0) is 30.6. The molecule has 0 saturated carbocycles. The maximum Gasteiger partial charge on any atom is 0.326 e. The summed E-state index contributed by atoms with van der Waals surface area (Å²) < 4.78 is 0. The number of carboxylic acids is 1. The van der Waals surface area contributed by atoms with Crippen LogP contribution in [0.15, 0.2) is 67.1 Å². The van der Waals surface area contributed by atoms with Crippen LogP contribution >= 0.6 is 0 Å². The largest absolute Gasteiger partial charge is 0.508 e. The molecule has 0 radical (unpaired) electrons. The van der Waals surface area contributed by atoms with E-state index in [1.807, 2.05) is 13.0 Å². The Labute approximate surface area is 244 Å². The highest BCUT2D eigenvalue weighted by molar-refractivity contribution is 5.94. The molecule has 3 amide bonds. The highest BCUT2D eigenvalue weighted by Crippen LogP contribution is 2.12. The van der Waals surface area contributed by atoms with Crippen molar-refractivity contribution in [1.29, 1.82) is 0 Å². The van der Waals surface area contributed by atoms with Crippen molar-refractivity contribution in [1.82, 2.24) is 25.9 Å². The minimum atomic E-state index is -1.17. The van der Waals surface area contributed by atoms with Crippen molar-refractivity contribution in [3.05, 3.63) is 83.9 Å². The fourth-order valence-electron chi connectivity index (χ4n) is 4.35. The van der Waals surface area contributed by atoms with Gasteiger partial charge in [-0.15, -0.1) is 0 Å². The number of hydrogen-bond acceptors (Lipinski definition) is 7. The summed E-state index contributed by atoms with van der Waals surface area (Å²) in [5, 5.41) is 27.2. The first kappa shape index (κ1) is 31.8. The number of aliphatic carboxylic acids is 1. The van der Waals surface area contributed by atoms with E-state index in [2.05, 4.69) is 25.9 Å². The summed E-state index contributed by atoms with van der Waals surface area (Å²) in [7, 11) is 0. The summed E-state index contributed by atoms with van der Waals surface area (Å²) >= 11 is 0. The quantitative estimate of drug-likeness (QED) is 0.139. The number of aromatic amines is 1. The van der Waals surface area contributed by atoms with Gasteiger partial charge in [0.05, 0.1) is 12.4 Å². The van der Waals surface area contributed by atoms with Gasteiger partial charge in [0, 0.05) is 24.7 Å². The highest BCUT2D eigenvalue weighted by Gasteiger charge is 2.32. The van der Waals surface area contributed by atoms with Crippen molar-refractivity contribution < 1.29 is 29.4 Å². The molecule has 1 aromatic heterocycles. The Hall–Kier alpha value is -4.71. The Balaban J connectivity index is 1.80. The van der Waals surface area contributed by atoms with Crippen molar-refractivity contribution in [2.45, 2.75) is 63.7 Å². The number of nitrogens with two attached hydrogens (primary N) is 1. The summed E-state index contributed by atoms with van der Waals surface area (Å²) in [5.74, 6) is -3.33. The molecule has 1 heterocycles. The minimum Gasteiger partial charge on any atom is -0.508 e. The van der Waals surface area contributed by atoms with Gasteiger partial charge < -0.3 is 36.9 Å². The van der Waals surface area contributed by atoms with E-state index in [1.54, 1.807) is 43.3 Å². The van der Waals surface area contributed by atoms with Crippen LogP contribution in [0, 0.1) is 5.92 Å². The highest BCUT2D eigenvalue weighted by atomic mass is 16.4. The summed E-state index contributed by atoms with van der Waals surface area (Å²) in [5.41, 5.74) is 8.17. The number of H-pyrrole nitrogens is 1. The van der Waals surface area contributed by atoms with E-state index in [4.69, 9.17) is 5.73 Å². The van der Waals surface area contributed by atoms with Gasteiger partial charge in [-0.1, -0.05) is 62.7 Å². The van der Waals surface area contributed by atoms with Crippen LogP contribution in [0.4, 0.5) is 0 Å². The SMILES string of the molecule is CCC(C)C(NC(=O)C(Cc1ccccc1)NC(=O)C(Cc1cnc[nH]1)NC(=O)C(N)Cc1ccc(O)cc1)C(=O)O. The number of benzene rings is 2. The molecule has 0 aliphatic carbocycles. The first-order chi connectivity index (χ1) is 20.1. The average molecular weight is 579 g/mol. The second-order valence-corrected chi connectivity index (χ2v) is 10.3. The second-order valence-electron chi connectivity index (χ2n) is 10.3. The van der Waals surface area contributed by atoms with Gasteiger partial charge in [-0.3, -0.25) is 14.4 Å². The molecule has 0 aliphatic rings. The number of hydrogen-bond donors (Lipinski definition) is 7. The van der Waals surface area contributed by atoms with E-state index in [0.717, 1.165) is 11.1 Å². The molecule has 3 aromatic rings. The first-order valence-electron chi connectivity index (χ1n) is 13.8. The predicted octanol–water partition coefficient (Wildman–Crippen LogP) is 1.06. The third kappa shape index (κ3) is 9.44. The normalized spacial score (nSPS) is 14.5. The molecule has 12 nitrogen and oxygen atoms in total. The van der Waals surface area contributed by atoms with E-state index >= 15 is 0 Å². The lowest BCUT2D eigenvalue weighted by molar-refractivity contribution is -0.143. The Morgan fingerprint density at radius 3 is 2.05 bits per heavy atom. The average Bonchev–Trinajstić information content (AvgIpc) is 3.49. The van der Waals surface area contributed by atoms with Crippen LogP contribution < -0.4 is 21.7 Å². The van der Waals surface area contributed by atoms with Crippen molar-refractivity contribution in [3.63, 3.8) is 0 Å². The molecule has 0 aliphatic heterocycles. The molecule has 8 N–H and O–H groups in total. The van der Waals surface area contributed by atoms with Crippen molar-refractivity contribution >= 4 is 23.7 Å². The third-order valence-electron chi connectivity index (χ3n) is 7.03. The second kappa shape index (κ2) is 15.3. The molecular formula is C30H38N6O6. The molecule has 3 rings (SSSR count). The number of carbonyl (C=O) groups excluding carboxylic acids is 3. The molecule has 0 spiro atoms. The van der Waals surface area contributed by atoms with Crippen LogP contribution in [0.3, 0.4) is 0 Å². The number of rotatable bonds is 15. The number of imidazole rings is 1. The molecule has 5 atom stereocenters. The van der Waals surface area contributed by atoms with Crippen LogP contribution in [0.2, 0.25) is 0 Å². The maximum absolute atomic E-state index is 13.6. The summed E-state index contributed by atoms with van der Waals surface area (Å²) in [6.45, 7) is 3.55. The van der Waals surface area contributed by atoms with Crippen LogP contribution in [0.1, 0.15) is 37.1 Å².